The molecule has 1 N–H and O–H groups in total. The maximum atomic E-state index is 13.2. The van der Waals surface area contributed by atoms with Crippen LogP contribution in [0.5, 0.6) is 0 Å². The molecule has 2 aliphatic heterocycles. The third-order valence-electron chi connectivity index (χ3n) is 5.92. The second-order valence-corrected chi connectivity index (χ2v) is 7.85. The maximum absolute atomic E-state index is 13.2. The summed E-state index contributed by atoms with van der Waals surface area (Å²) in [5.41, 5.74) is 2.59. The molecule has 152 valence electrons. The fourth-order valence-corrected chi connectivity index (χ4v) is 4.47. The minimum Gasteiger partial charge on any atom is -0.350 e. The number of amides is 2. The van der Waals surface area contributed by atoms with E-state index in [0.717, 1.165) is 30.0 Å². The van der Waals surface area contributed by atoms with Crippen LogP contribution < -0.4 is 5.32 Å². The van der Waals surface area contributed by atoms with Gasteiger partial charge in [-0.15, -0.1) is 0 Å². The number of rotatable bonds is 5. The zero-order chi connectivity index (χ0) is 20.4. The molecule has 0 aliphatic carbocycles. The van der Waals surface area contributed by atoms with Crippen LogP contribution in [-0.4, -0.2) is 57.3 Å². The molecule has 3 atom stereocenters. The van der Waals surface area contributed by atoms with E-state index in [1.807, 2.05) is 42.2 Å². The van der Waals surface area contributed by atoms with E-state index in [1.165, 1.54) is 0 Å². The molecular formula is C22H27N5O2. The Hall–Kier alpha value is -2.80. The Bertz CT molecular complexity index is 871. The van der Waals surface area contributed by atoms with Crippen LogP contribution in [0, 0.1) is 12.8 Å². The summed E-state index contributed by atoms with van der Waals surface area (Å²) in [5.74, 6) is -0.204. The van der Waals surface area contributed by atoms with E-state index in [2.05, 4.69) is 27.1 Å². The second-order valence-electron chi connectivity index (χ2n) is 7.85. The first kappa shape index (κ1) is 19.5. The number of hydrogen-bond donors (Lipinski definition) is 1. The number of carbonyl (C=O) groups excluding carboxylic acids is 2. The van der Waals surface area contributed by atoms with Gasteiger partial charge in [-0.2, -0.15) is 0 Å². The van der Waals surface area contributed by atoms with Crippen molar-refractivity contribution in [1.29, 1.82) is 0 Å². The Morgan fingerprint density at radius 2 is 2.00 bits per heavy atom. The van der Waals surface area contributed by atoms with Crippen molar-refractivity contribution >= 4 is 11.8 Å². The lowest BCUT2D eigenvalue weighted by Crippen LogP contribution is -2.54. The average molecular weight is 393 g/mol. The van der Waals surface area contributed by atoms with Crippen LogP contribution in [0.4, 0.5) is 0 Å². The fraction of sp³-hybridized carbons (Fsp3) is 0.455. The Morgan fingerprint density at radius 3 is 2.69 bits per heavy atom. The molecule has 2 aromatic rings. The molecule has 0 saturated carbocycles. The molecule has 0 spiro atoms. The maximum Gasteiger partial charge on any atom is 0.237 e. The largest absolute Gasteiger partial charge is 0.350 e. The van der Waals surface area contributed by atoms with Crippen LogP contribution in [0.1, 0.15) is 36.3 Å². The van der Waals surface area contributed by atoms with Crippen LogP contribution >= 0.6 is 0 Å². The number of likely N-dealkylation sites (N-methyl/N-ethyl adjacent to an activating group) is 1. The third kappa shape index (κ3) is 4.00. The number of carbonyl (C=O) groups is 2. The predicted molar refractivity (Wildman–Crippen MR) is 109 cm³/mol. The van der Waals surface area contributed by atoms with Gasteiger partial charge in [-0.1, -0.05) is 37.3 Å². The molecule has 1 aromatic heterocycles. The number of fused-ring (bicyclic) bond motifs is 1. The monoisotopic (exact) mass is 393 g/mol. The van der Waals surface area contributed by atoms with Crippen molar-refractivity contribution in [3.05, 3.63) is 59.7 Å². The first-order valence-corrected chi connectivity index (χ1v) is 10.2. The number of nitrogens with zero attached hydrogens (tertiary/aromatic N) is 4. The number of benzene rings is 1. The zero-order valence-electron chi connectivity index (χ0n) is 16.9. The number of aryl methyl sites for hydroxylation is 1. The quantitative estimate of drug-likeness (QED) is 0.837. The number of aromatic nitrogens is 2. The van der Waals surface area contributed by atoms with Gasteiger partial charge < -0.3 is 10.2 Å². The van der Waals surface area contributed by atoms with Crippen LogP contribution in [0.2, 0.25) is 0 Å². The number of piperazine rings is 1. The standard InChI is InChI=1S/C22H27N5O2/c1-3-26-13-18-9-19(22(29)25-12-17-11-23-15(2)10-24-17)21(27(18)20(28)14-26)16-7-5-4-6-8-16/h4-8,10-11,18-19,21H,3,9,12-14H2,1-2H3,(H,25,29)/t18-,19-,21-/m1/s1. The van der Waals surface area contributed by atoms with Gasteiger partial charge in [-0.3, -0.25) is 24.5 Å². The molecule has 7 nitrogen and oxygen atoms in total. The van der Waals surface area contributed by atoms with E-state index < -0.39 is 0 Å². The molecule has 1 aromatic carbocycles. The normalized spacial score (nSPS) is 24.4. The lowest BCUT2D eigenvalue weighted by atomic mass is 9.92. The van der Waals surface area contributed by atoms with Crippen molar-refractivity contribution in [3.63, 3.8) is 0 Å². The van der Waals surface area contributed by atoms with Gasteiger partial charge >= 0.3 is 0 Å². The SMILES string of the molecule is CCN1CC(=O)N2[C@H](C[C@@H](C(=O)NCc3cnc(C)cn3)[C@H]2c2ccccc2)C1. The van der Waals surface area contributed by atoms with Gasteiger partial charge in [0.25, 0.3) is 0 Å². The van der Waals surface area contributed by atoms with Crippen molar-refractivity contribution < 1.29 is 9.59 Å². The molecule has 4 rings (SSSR count). The van der Waals surface area contributed by atoms with Crippen molar-refractivity contribution in [3.8, 4) is 0 Å². The van der Waals surface area contributed by atoms with E-state index in [-0.39, 0.29) is 29.8 Å². The highest BCUT2D eigenvalue weighted by molar-refractivity contribution is 5.85. The highest BCUT2D eigenvalue weighted by Crippen LogP contribution is 2.43. The molecule has 0 unspecified atom stereocenters. The Kier molecular flexibility index (Phi) is 5.58. The van der Waals surface area contributed by atoms with Gasteiger partial charge in [0.15, 0.2) is 0 Å². The van der Waals surface area contributed by atoms with Crippen LogP contribution in [0.15, 0.2) is 42.7 Å². The first-order valence-electron chi connectivity index (χ1n) is 10.2. The van der Waals surface area contributed by atoms with Gasteiger partial charge in [0.05, 0.1) is 42.6 Å². The average Bonchev–Trinajstić information content (AvgIpc) is 3.14. The van der Waals surface area contributed by atoms with Crippen LogP contribution in [-0.2, 0) is 16.1 Å². The van der Waals surface area contributed by atoms with E-state index in [1.54, 1.807) is 12.4 Å². The van der Waals surface area contributed by atoms with Crippen molar-refractivity contribution in [1.82, 2.24) is 25.1 Å². The minimum absolute atomic E-state index is 0.0357. The molecule has 0 bridgehead atoms. The Labute approximate surface area is 171 Å². The van der Waals surface area contributed by atoms with Crippen molar-refractivity contribution in [2.45, 2.75) is 38.9 Å². The Morgan fingerprint density at radius 1 is 1.21 bits per heavy atom. The van der Waals surface area contributed by atoms with E-state index in [9.17, 15) is 9.59 Å². The van der Waals surface area contributed by atoms with Crippen molar-refractivity contribution in [2.24, 2.45) is 5.92 Å². The molecule has 2 saturated heterocycles. The Balaban J connectivity index is 1.55. The summed E-state index contributed by atoms with van der Waals surface area (Å²) >= 11 is 0. The third-order valence-corrected chi connectivity index (χ3v) is 5.92. The molecular weight excluding hydrogens is 366 g/mol. The van der Waals surface area contributed by atoms with E-state index >= 15 is 0 Å². The molecule has 2 aliphatic rings. The summed E-state index contributed by atoms with van der Waals surface area (Å²) in [5, 5.41) is 3.02. The van der Waals surface area contributed by atoms with Crippen LogP contribution in [0.3, 0.4) is 0 Å². The van der Waals surface area contributed by atoms with Gasteiger partial charge in [-0.05, 0) is 25.5 Å². The molecule has 2 fully saturated rings. The second kappa shape index (κ2) is 8.29. The summed E-state index contributed by atoms with van der Waals surface area (Å²) in [6.45, 7) is 6.37. The topological polar surface area (TPSA) is 78.4 Å². The van der Waals surface area contributed by atoms with Crippen LogP contribution in [0.25, 0.3) is 0 Å². The van der Waals surface area contributed by atoms with E-state index in [4.69, 9.17) is 0 Å². The summed E-state index contributed by atoms with van der Waals surface area (Å²) < 4.78 is 0. The lowest BCUT2D eigenvalue weighted by Gasteiger charge is -2.39. The zero-order valence-corrected chi connectivity index (χ0v) is 16.9. The summed E-state index contributed by atoms with van der Waals surface area (Å²) in [4.78, 5) is 38.8. The van der Waals surface area contributed by atoms with E-state index in [0.29, 0.717) is 19.5 Å². The van der Waals surface area contributed by atoms with Gasteiger partial charge in [0.1, 0.15) is 0 Å². The van der Waals surface area contributed by atoms with Gasteiger partial charge in [0.2, 0.25) is 11.8 Å². The minimum atomic E-state index is -0.276. The molecule has 0 radical (unpaired) electrons. The molecule has 7 heteroatoms. The molecule has 2 amide bonds. The van der Waals surface area contributed by atoms with Gasteiger partial charge in [0, 0.05) is 18.8 Å². The number of hydrogen-bond acceptors (Lipinski definition) is 5. The first-order chi connectivity index (χ1) is 14.1. The molecule has 3 heterocycles. The molecule has 29 heavy (non-hydrogen) atoms. The highest BCUT2D eigenvalue weighted by Gasteiger charge is 2.49. The van der Waals surface area contributed by atoms with Crippen molar-refractivity contribution in [2.75, 3.05) is 19.6 Å². The fourth-order valence-electron chi connectivity index (χ4n) is 4.47. The lowest BCUT2D eigenvalue weighted by molar-refractivity contribution is -0.140. The summed E-state index contributed by atoms with van der Waals surface area (Å²) in [6.07, 6.45) is 4.06. The summed E-state index contributed by atoms with van der Waals surface area (Å²) in [6, 6.07) is 9.75. The highest BCUT2D eigenvalue weighted by atomic mass is 16.2. The predicted octanol–water partition coefficient (Wildman–Crippen LogP) is 1.70. The number of nitrogens with one attached hydrogen (secondary N) is 1. The smallest absolute Gasteiger partial charge is 0.237 e. The van der Waals surface area contributed by atoms with Gasteiger partial charge in [-0.25, -0.2) is 0 Å². The summed E-state index contributed by atoms with van der Waals surface area (Å²) in [7, 11) is 0.